The zero-order chi connectivity index (χ0) is 15.0. The van der Waals surface area contributed by atoms with E-state index in [0.717, 1.165) is 19.4 Å². The average molecular weight is 326 g/mol. The highest BCUT2D eigenvalue weighted by molar-refractivity contribution is 7.89. The Morgan fingerprint density at radius 3 is 2.95 bits per heavy atom. The van der Waals surface area contributed by atoms with Gasteiger partial charge in [0.25, 0.3) is 0 Å². The van der Waals surface area contributed by atoms with E-state index in [1.165, 1.54) is 18.2 Å². The predicted molar refractivity (Wildman–Crippen MR) is 79.4 cm³/mol. The number of benzene rings is 1. The van der Waals surface area contributed by atoms with Crippen LogP contribution in [0, 0.1) is 17.2 Å². The minimum Gasteiger partial charge on any atom is -0.315 e. The lowest BCUT2D eigenvalue weighted by Crippen LogP contribution is -2.48. The second-order valence-corrected chi connectivity index (χ2v) is 7.79. The molecule has 2 aliphatic rings. The minimum atomic E-state index is -3.70. The molecule has 2 aliphatic heterocycles. The average Bonchev–Trinajstić information content (AvgIpc) is 2.95. The zero-order valence-corrected chi connectivity index (χ0v) is 13.0. The Bertz CT molecular complexity index is 699. The van der Waals surface area contributed by atoms with Gasteiger partial charge in [0.2, 0.25) is 10.0 Å². The van der Waals surface area contributed by atoms with Crippen molar-refractivity contribution in [3.8, 4) is 6.07 Å². The van der Waals surface area contributed by atoms with Crippen molar-refractivity contribution in [2.24, 2.45) is 5.92 Å². The molecule has 1 aromatic rings. The van der Waals surface area contributed by atoms with Gasteiger partial charge < -0.3 is 5.32 Å². The van der Waals surface area contributed by atoms with E-state index in [-0.39, 0.29) is 16.5 Å². The van der Waals surface area contributed by atoms with Gasteiger partial charge in [-0.25, -0.2) is 8.42 Å². The van der Waals surface area contributed by atoms with Gasteiger partial charge in [0, 0.05) is 24.2 Å². The normalized spacial score (nSPS) is 26.3. The van der Waals surface area contributed by atoms with Crippen molar-refractivity contribution in [1.29, 1.82) is 5.26 Å². The quantitative estimate of drug-likeness (QED) is 0.896. The van der Waals surface area contributed by atoms with Crippen molar-refractivity contribution in [3.05, 3.63) is 28.8 Å². The van der Waals surface area contributed by atoms with E-state index in [2.05, 4.69) is 5.32 Å². The summed E-state index contributed by atoms with van der Waals surface area (Å²) in [5.41, 5.74) is 0.146. The predicted octanol–water partition coefficient (Wildman–Crippen LogP) is 1.58. The Hall–Kier alpha value is -1.13. The monoisotopic (exact) mass is 325 g/mol. The van der Waals surface area contributed by atoms with Gasteiger partial charge in [-0.3, -0.25) is 0 Å². The summed E-state index contributed by atoms with van der Waals surface area (Å²) in [4.78, 5) is 0.0186. The van der Waals surface area contributed by atoms with E-state index in [1.54, 1.807) is 4.31 Å². The zero-order valence-electron chi connectivity index (χ0n) is 11.4. The molecule has 5 nitrogen and oxygen atoms in total. The highest BCUT2D eigenvalue weighted by Crippen LogP contribution is 2.33. The summed E-state index contributed by atoms with van der Waals surface area (Å²) < 4.78 is 27.4. The highest BCUT2D eigenvalue weighted by atomic mass is 35.5. The van der Waals surface area contributed by atoms with Crippen molar-refractivity contribution in [2.45, 2.75) is 23.8 Å². The number of halogens is 1. The van der Waals surface area contributed by atoms with Crippen LogP contribution >= 0.6 is 11.6 Å². The second kappa shape index (κ2) is 5.58. The molecule has 2 heterocycles. The number of hydrogen-bond donors (Lipinski definition) is 1. The van der Waals surface area contributed by atoms with Gasteiger partial charge in [0.05, 0.1) is 5.56 Å². The molecular weight excluding hydrogens is 310 g/mol. The first-order valence-electron chi connectivity index (χ1n) is 6.96. The summed E-state index contributed by atoms with van der Waals surface area (Å²) in [6.45, 7) is 2.03. The maximum atomic E-state index is 13.0. The van der Waals surface area contributed by atoms with E-state index in [1.807, 2.05) is 6.07 Å². The molecule has 0 saturated carbocycles. The molecule has 3 rings (SSSR count). The second-order valence-electron chi connectivity index (χ2n) is 5.50. The van der Waals surface area contributed by atoms with Gasteiger partial charge in [0.1, 0.15) is 11.0 Å². The number of hydrogen-bond acceptors (Lipinski definition) is 4. The third-order valence-corrected chi connectivity index (χ3v) is 6.48. The molecule has 0 aromatic heterocycles. The molecule has 21 heavy (non-hydrogen) atoms. The lowest BCUT2D eigenvalue weighted by molar-refractivity contribution is 0.217. The van der Waals surface area contributed by atoms with Crippen molar-refractivity contribution >= 4 is 21.6 Å². The molecule has 2 atom stereocenters. The fourth-order valence-corrected chi connectivity index (χ4v) is 5.38. The van der Waals surface area contributed by atoms with Gasteiger partial charge in [-0.2, -0.15) is 9.57 Å². The van der Waals surface area contributed by atoms with Gasteiger partial charge in [0.15, 0.2) is 0 Å². The Morgan fingerprint density at radius 2 is 2.19 bits per heavy atom. The maximum absolute atomic E-state index is 13.0. The van der Waals surface area contributed by atoms with Gasteiger partial charge >= 0.3 is 0 Å². The fourth-order valence-electron chi connectivity index (χ4n) is 3.25. The number of nitrogens with zero attached hydrogens (tertiary/aromatic N) is 2. The molecule has 112 valence electrons. The third-order valence-electron chi connectivity index (χ3n) is 4.28. The van der Waals surface area contributed by atoms with Gasteiger partial charge in [-0.05, 0) is 43.5 Å². The number of nitriles is 1. The molecule has 2 saturated heterocycles. The lowest BCUT2D eigenvalue weighted by atomic mass is 9.94. The fraction of sp³-hybridized carbons (Fsp3) is 0.500. The number of fused-ring (bicyclic) bond motifs is 1. The van der Waals surface area contributed by atoms with E-state index >= 15 is 0 Å². The molecule has 7 heteroatoms. The van der Waals surface area contributed by atoms with Crippen LogP contribution in [0.15, 0.2) is 23.1 Å². The summed E-state index contributed by atoms with van der Waals surface area (Å²) in [6, 6.07) is 6.30. The SMILES string of the molecule is N#Cc1ccc(Cl)cc1S(=O)(=O)N1CCCC2CNCC21. The smallest absolute Gasteiger partial charge is 0.244 e. The van der Waals surface area contributed by atoms with Crippen molar-refractivity contribution < 1.29 is 8.42 Å². The first kappa shape index (κ1) is 14.8. The summed E-state index contributed by atoms with van der Waals surface area (Å²) in [5, 5.41) is 12.8. The summed E-state index contributed by atoms with van der Waals surface area (Å²) >= 11 is 5.93. The summed E-state index contributed by atoms with van der Waals surface area (Å²) in [6.07, 6.45) is 1.90. The summed E-state index contributed by atoms with van der Waals surface area (Å²) in [5.74, 6) is 0.359. The number of rotatable bonds is 2. The van der Waals surface area contributed by atoms with Crippen LogP contribution in [0.4, 0.5) is 0 Å². The Morgan fingerprint density at radius 1 is 1.38 bits per heavy atom. The number of sulfonamides is 1. The molecule has 0 aliphatic carbocycles. The number of nitrogens with one attached hydrogen (secondary N) is 1. The first-order chi connectivity index (χ1) is 10.0. The van der Waals surface area contributed by atoms with Crippen LogP contribution in [0.5, 0.6) is 0 Å². The van der Waals surface area contributed by atoms with Gasteiger partial charge in [-0.15, -0.1) is 0 Å². The largest absolute Gasteiger partial charge is 0.315 e. The maximum Gasteiger partial charge on any atom is 0.244 e. The first-order valence-corrected chi connectivity index (χ1v) is 8.78. The topological polar surface area (TPSA) is 73.2 Å². The Labute approximate surface area is 129 Å². The van der Waals surface area contributed by atoms with Crippen LogP contribution < -0.4 is 5.32 Å². The molecule has 0 bridgehead atoms. The van der Waals surface area contributed by atoms with E-state index < -0.39 is 10.0 Å². The minimum absolute atomic E-state index is 0.0186. The third kappa shape index (κ3) is 2.55. The van der Waals surface area contributed by atoms with Crippen LogP contribution in [0.3, 0.4) is 0 Å². The van der Waals surface area contributed by atoms with Crippen LogP contribution in [0.25, 0.3) is 0 Å². The van der Waals surface area contributed by atoms with Crippen molar-refractivity contribution in [2.75, 3.05) is 19.6 Å². The van der Waals surface area contributed by atoms with Gasteiger partial charge in [-0.1, -0.05) is 11.6 Å². The summed E-state index contributed by atoms with van der Waals surface area (Å²) in [7, 11) is -3.70. The standard InChI is InChI=1S/C14H16ClN3O2S/c15-12-4-3-10(7-16)14(6-12)21(19,20)18-5-1-2-11-8-17-9-13(11)18/h3-4,6,11,13,17H,1-2,5,8-9H2. The molecule has 2 fully saturated rings. The number of piperidine rings is 1. The molecule has 1 aromatic carbocycles. The van der Waals surface area contributed by atoms with Crippen LogP contribution in [0.2, 0.25) is 5.02 Å². The molecule has 0 spiro atoms. The van der Waals surface area contributed by atoms with E-state index in [9.17, 15) is 13.7 Å². The van der Waals surface area contributed by atoms with E-state index in [0.29, 0.717) is 24.0 Å². The van der Waals surface area contributed by atoms with Crippen molar-refractivity contribution in [3.63, 3.8) is 0 Å². The Kier molecular flexibility index (Phi) is 3.93. The molecule has 2 unspecified atom stereocenters. The molecule has 0 radical (unpaired) electrons. The molecule has 1 N–H and O–H groups in total. The van der Waals surface area contributed by atoms with Crippen molar-refractivity contribution in [1.82, 2.24) is 9.62 Å². The Balaban J connectivity index is 2.04. The van der Waals surface area contributed by atoms with Crippen LogP contribution in [0.1, 0.15) is 18.4 Å². The molecule has 0 amide bonds. The highest BCUT2D eigenvalue weighted by Gasteiger charge is 2.42. The van der Waals surface area contributed by atoms with E-state index in [4.69, 9.17) is 11.6 Å². The lowest BCUT2D eigenvalue weighted by Gasteiger charge is -2.36. The molecular formula is C14H16ClN3O2S. The van der Waals surface area contributed by atoms with Crippen LogP contribution in [-0.4, -0.2) is 38.4 Å². The van der Waals surface area contributed by atoms with Crippen LogP contribution in [-0.2, 0) is 10.0 Å².